The average Bonchev–Trinajstić information content (AvgIpc) is 2.49. The molecular weight excluding hydrogens is 268 g/mol. The van der Waals surface area contributed by atoms with Gasteiger partial charge in [-0.1, -0.05) is 0 Å². The van der Waals surface area contributed by atoms with Crippen LogP contribution in [0.4, 0.5) is 11.6 Å². The summed E-state index contributed by atoms with van der Waals surface area (Å²) < 4.78 is 10.8. The smallest absolute Gasteiger partial charge is 0.172 e. The summed E-state index contributed by atoms with van der Waals surface area (Å²) in [6, 6.07) is 0. The molecule has 2 aliphatic rings. The zero-order valence-corrected chi connectivity index (χ0v) is 11.6. The van der Waals surface area contributed by atoms with E-state index in [9.17, 15) is 0 Å². The Morgan fingerprint density at radius 2 is 1.11 bits per heavy atom. The molecule has 0 saturated carbocycles. The van der Waals surface area contributed by atoms with Gasteiger partial charge in [-0.3, -0.25) is 0 Å². The van der Waals surface area contributed by atoms with E-state index < -0.39 is 0 Å². The van der Waals surface area contributed by atoms with Gasteiger partial charge in [0.15, 0.2) is 11.6 Å². The van der Waals surface area contributed by atoms with E-state index >= 15 is 0 Å². The summed E-state index contributed by atoms with van der Waals surface area (Å²) in [5.74, 6) is 1.95. The molecule has 0 spiro atoms. The van der Waals surface area contributed by atoms with Gasteiger partial charge in [-0.2, -0.15) is 0 Å². The first kappa shape index (κ1) is 14.3. The van der Waals surface area contributed by atoms with Crippen LogP contribution in [0.25, 0.3) is 0 Å². The Labute approximate surface area is 119 Å². The third-order valence-electron chi connectivity index (χ3n) is 3.28. The van der Waals surface area contributed by atoms with Crippen LogP contribution in [0.1, 0.15) is 0 Å². The number of hydrogen-bond donors (Lipinski definition) is 0. The standard InChI is InChI=1S/C12H18N4O2.ClH/c1-2-14-12(16-5-9-18-10-6-16)11(13-1)15-3-7-17-8-4-15;/h1-2H,3-10H2;1H. The van der Waals surface area contributed by atoms with E-state index in [0.29, 0.717) is 0 Å². The van der Waals surface area contributed by atoms with E-state index in [4.69, 9.17) is 9.47 Å². The van der Waals surface area contributed by atoms with Crippen LogP contribution in [0, 0.1) is 0 Å². The molecule has 7 heteroatoms. The summed E-state index contributed by atoms with van der Waals surface area (Å²) in [5.41, 5.74) is 0. The molecule has 2 saturated heterocycles. The maximum absolute atomic E-state index is 5.38. The number of nitrogens with zero attached hydrogens (tertiary/aromatic N) is 4. The highest BCUT2D eigenvalue weighted by Gasteiger charge is 2.21. The Hall–Kier alpha value is -1.11. The van der Waals surface area contributed by atoms with Gasteiger partial charge in [-0.25, -0.2) is 9.97 Å². The highest BCUT2D eigenvalue weighted by atomic mass is 35.5. The first-order valence-electron chi connectivity index (χ1n) is 6.41. The molecule has 106 valence electrons. The van der Waals surface area contributed by atoms with Crippen molar-refractivity contribution in [3.63, 3.8) is 0 Å². The van der Waals surface area contributed by atoms with Gasteiger partial charge in [-0.05, 0) is 0 Å². The van der Waals surface area contributed by atoms with Crippen molar-refractivity contribution < 1.29 is 9.47 Å². The summed E-state index contributed by atoms with van der Waals surface area (Å²) in [7, 11) is 0. The molecule has 0 bridgehead atoms. The molecule has 0 aromatic carbocycles. The second-order valence-electron chi connectivity index (χ2n) is 4.40. The van der Waals surface area contributed by atoms with Gasteiger partial charge in [0.2, 0.25) is 0 Å². The Morgan fingerprint density at radius 1 is 0.737 bits per heavy atom. The monoisotopic (exact) mass is 286 g/mol. The molecule has 0 unspecified atom stereocenters. The Balaban J connectivity index is 0.00000133. The minimum absolute atomic E-state index is 0. The maximum atomic E-state index is 5.38. The molecule has 1 aromatic rings. The number of ether oxygens (including phenoxy) is 2. The molecule has 2 fully saturated rings. The van der Waals surface area contributed by atoms with Gasteiger partial charge in [0.25, 0.3) is 0 Å². The number of hydrogen-bond acceptors (Lipinski definition) is 6. The minimum atomic E-state index is 0. The maximum Gasteiger partial charge on any atom is 0.172 e. The van der Waals surface area contributed by atoms with E-state index in [1.807, 2.05) is 0 Å². The number of rotatable bonds is 2. The highest BCUT2D eigenvalue weighted by molar-refractivity contribution is 5.85. The molecule has 6 nitrogen and oxygen atoms in total. The van der Waals surface area contributed by atoms with E-state index in [1.165, 1.54) is 0 Å². The van der Waals surface area contributed by atoms with Crippen LogP contribution in [-0.2, 0) is 9.47 Å². The third kappa shape index (κ3) is 3.26. The van der Waals surface area contributed by atoms with Crippen LogP contribution in [0.3, 0.4) is 0 Å². The second-order valence-corrected chi connectivity index (χ2v) is 4.40. The van der Waals surface area contributed by atoms with Gasteiger partial charge < -0.3 is 19.3 Å². The largest absolute Gasteiger partial charge is 0.378 e. The highest BCUT2D eigenvalue weighted by Crippen LogP contribution is 2.25. The second kappa shape index (κ2) is 6.88. The van der Waals surface area contributed by atoms with E-state index in [-0.39, 0.29) is 12.4 Å². The van der Waals surface area contributed by atoms with Gasteiger partial charge in [0, 0.05) is 38.6 Å². The normalized spacial score (nSPS) is 20.0. The molecule has 0 radical (unpaired) electrons. The average molecular weight is 287 g/mol. The van der Waals surface area contributed by atoms with Crippen molar-refractivity contribution in [1.29, 1.82) is 0 Å². The van der Waals surface area contributed by atoms with Crippen LogP contribution in [0.15, 0.2) is 12.4 Å². The quantitative estimate of drug-likeness (QED) is 0.792. The first-order chi connectivity index (χ1) is 8.95. The molecular formula is C12H19ClN4O2. The fourth-order valence-electron chi connectivity index (χ4n) is 2.32. The summed E-state index contributed by atoms with van der Waals surface area (Å²) in [4.78, 5) is 13.5. The summed E-state index contributed by atoms with van der Waals surface area (Å²) in [6.45, 7) is 6.59. The van der Waals surface area contributed by atoms with Crippen LogP contribution in [-0.4, -0.2) is 62.6 Å². The Bertz CT molecular complexity index is 358. The lowest BCUT2D eigenvalue weighted by atomic mass is 10.3. The van der Waals surface area contributed by atoms with Gasteiger partial charge in [-0.15, -0.1) is 12.4 Å². The van der Waals surface area contributed by atoms with Crippen molar-refractivity contribution in [1.82, 2.24) is 9.97 Å². The summed E-state index contributed by atoms with van der Waals surface area (Å²) in [5, 5.41) is 0. The van der Waals surface area contributed by atoms with Crippen molar-refractivity contribution in [3.8, 4) is 0 Å². The number of morpholine rings is 2. The van der Waals surface area contributed by atoms with Gasteiger partial charge in [0.05, 0.1) is 26.4 Å². The van der Waals surface area contributed by atoms with Gasteiger partial charge >= 0.3 is 0 Å². The lowest BCUT2D eigenvalue weighted by molar-refractivity contribution is 0.120. The zero-order valence-electron chi connectivity index (χ0n) is 10.8. The van der Waals surface area contributed by atoms with E-state index in [0.717, 1.165) is 64.2 Å². The van der Waals surface area contributed by atoms with Crippen molar-refractivity contribution in [2.45, 2.75) is 0 Å². The van der Waals surface area contributed by atoms with Crippen molar-refractivity contribution in [2.24, 2.45) is 0 Å². The lowest BCUT2D eigenvalue weighted by Crippen LogP contribution is -2.41. The molecule has 2 aliphatic heterocycles. The predicted octanol–water partition coefficient (Wildman–Crippen LogP) is 0.572. The molecule has 19 heavy (non-hydrogen) atoms. The van der Waals surface area contributed by atoms with Crippen LogP contribution >= 0.6 is 12.4 Å². The lowest BCUT2D eigenvalue weighted by Gasteiger charge is -2.33. The first-order valence-corrected chi connectivity index (χ1v) is 6.41. The molecule has 3 rings (SSSR count). The molecule has 0 atom stereocenters. The predicted molar refractivity (Wildman–Crippen MR) is 75.3 cm³/mol. The minimum Gasteiger partial charge on any atom is -0.378 e. The third-order valence-corrected chi connectivity index (χ3v) is 3.28. The number of anilines is 2. The molecule has 1 aromatic heterocycles. The van der Waals surface area contributed by atoms with E-state index in [2.05, 4.69) is 19.8 Å². The topological polar surface area (TPSA) is 50.7 Å². The Kier molecular flexibility index (Phi) is 5.18. The van der Waals surface area contributed by atoms with Crippen LogP contribution < -0.4 is 9.80 Å². The molecule has 3 heterocycles. The van der Waals surface area contributed by atoms with Crippen LogP contribution in [0.5, 0.6) is 0 Å². The number of halogens is 1. The Morgan fingerprint density at radius 3 is 1.47 bits per heavy atom. The van der Waals surface area contributed by atoms with E-state index in [1.54, 1.807) is 12.4 Å². The summed E-state index contributed by atoms with van der Waals surface area (Å²) >= 11 is 0. The fraction of sp³-hybridized carbons (Fsp3) is 0.667. The number of aromatic nitrogens is 2. The molecule has 0 aliphatic carbocycles. The van der Waals surface area contributed by atoms with Gasteiger partial charge in [0.1, 0.15) is 0 Å². The van der Waals surface area contributed by atoms with Crippen molar-refractivity contribution in [3.05, 3.63) is 12.4 Å². The molecule has 0 N–H and O–H groups in total. The molecule has 0 amide bonds. The summed E-state index contributed by atoms with van der Waals surface area (Å²) in [6.07, 6.45) is 3.52. The van der Waals surface area contributed by atoms with Crippen molar-refractivity contribution >= 4 is 24.0 Å². The zero-order chi connectivity index (χ0) is 12.2. The van der Waals surface area contributed by atoms with Crippen LogP contribution in [0.2, 0.25) is 0 Å². The fourth-order valence-corrected chi connectivity index (χ4v) is 2.32. The van der Waals surface area contributed by atoms with Crippen molar-refractivity contribution in [2.75, 3.05) is 62.4 Å². The SMILES string of the molecule is Cl.c1cnc(N2CCOCC2)c(N2CCOCC2)n1.